The largest absolute Gasteiger partial charge is 0.466 e. The number of H-pyrrole nitrogens is 1. The number of piperidine rings is 1. The summed E-state index contributed by atoms with van der Waals surface area (Å²) in [5, 5.41) is 8.94. The molecule has 1 saturated heterocycles. The van der Waals surface area contributed by atoms with Crippen LogP contribution in [0.3, 0.4) is 0 Å². The van der Waals surface area contributed by atoms with Crippen molar-refractivity contribution in [2.75, 3.05) is 25.5 Å². The van der Waals surface area contributed by atoms with E-state index in [1.165, 1.54) is 14.0 Å². The first-order chi connectivity index (χ1) is 9.10. The highest BCUT2D eigenvalue weighted by molar-refractivity contribution is 5.91. The number of amides is 2. The van der Waals surface area contributed by atoms with Crippen molar-refractivity contribution in [3.05, 3.63) is 0 Å². The Bertz CT molecular complexity index is 473. The van der Waals surface area contributed by atoms with E-state index in [4.69, 9.17) is 4.74 Å². The van der Waals surface area contributed by atoms with Crippen molar-refractivity contribution in [2.24, 2.45) is 5.92 Å². The molecule has 0 radical (unpaired) electrons. The molecule has 0 saturated carbocycles. The van der Waals surface area contributed by atoms with Crippen LogP contribution in [-0.4, -0.2) is 52.1 Å². The molecule has 1 aliphatic heterocycles. The molecular formula is C11H17N5O3. The van der Waals surface area contributed by atoms with Crippen LogP contribution < -0.4 is 10.1 Å². The summed E-state index contributed by atoms with van der Waals surface area (Å²) in [6.45, 7) is 2.68. The fourth-order valence-electron chi connectivity index (χ4n) is 2.09. The summed E-state index contributed by atoms with van der Waals surface area (Å²) >= 11 is 0. The fraction of sp³-hybridized carbons (Fsp3) is 0.636. The third-order valence-electron chi connectivity index (χ3n) is 3.13. The van der Waals surface area contributed by atoms with Gasteiger partial charge in [0.15, 0.2) is 0 Å². The number of methoxy groups -OCH3 is 1. The van der Waals surface area contributed by atoms with Gasteiger partial charge in [0.1, 0.15) is 0 Å². The second kappa shape index (κ2) is 5.68. The Morgan fingerprint density at radius 3 is 2.95 bits per heavy atom. The maximum absolute atomic E-state index is 12.1. The van der Waals surface area contributed by atoms with E-state index in [-0.39, 0.29) is 29.7 Å². The van der Waals surface area contributed by atoms with E-state index >= 15 is 0 Å². The van der Waals surface area contributed by atoms with Crippen molar-refractivity contribution in [3.8, 4) is 6.01 Å². The van der Waals surface area contributed by atoms with Gasteiger partial charge in [0.2, 0.25) is 17.8 Å². The molecule has 1 fully saturated rings. The second-order valence-electron chi connectivity index (χ2n) is 4.46. The normalized spacial score (nSPS) is 19.1. The molecule has 2 heterocycles. The van der Waals surface area contributed by atoms with Crippen LogP contribution in [0.25, 0.3) is 0 Å². The van der Waals surface area contributed by atoms with Gasteiger partial charge in [0, 0.05) is 20.0 Å². The molecule has 0 spiro atoms. The SMILES string of the molecule is COc1n[nH]c(NC(=O)C2CCCN(C(C)=O)C2)n1. The van der Waals surface area contributed by atoms with E-state index in [1.54, 1.807) is 4.90 Å². The highest BCUT2D eigenvalue weighted by Crippen LogP contribution is 2.18. The lowest BCUT2D eigenvalue weighted by atomic mass is 9.97. The lowest BCUT2D eigenvalue weighted by molar-refractivity contribution is -0.132. The van der Waals surface area contributed by atoms with Gasteiger partial charge in [0.25, 0.3) is 0 Å². The molecule has 8 nitrogen and oxygen atoms in total. The number of nitrogens with one attached hydrogen (secondary N) is 2. The van der Waals surface area contributed by atoms with E-state index in [0.29, 0.717) is 6.54 Å². The molecule has 2 rings (SSSR count). The van der Waals surface area contributed by atoms with Crippen molar-refractivity contribution >= 4 is 17.8 Å². The summed E-state index contributed by atoms with van der Waals surface area (Å²) in [5.74, 6) is -0.126. The minimum atomic E-state index is -0.214. The highest BCUT2D eigenvalue weighted by Gasteiger charge is 2.27. The Hall–Kier alpha value is -2.12. The van der Waals surface area contributed by atoms with Gasteiger partial charge in [-0.3, -0.25) is 14.9 Å². The molecule has 2 amide bonds. The predicted molar refractivity (Wildman–Crippen MR) is 66.5 cm³/mol. The number of hydrogen-bond donors (Lipinski definition) is 2. The summed E-state index contributed by atoms with van der Waals surface area (Å²) in [6, 6.07) is 0.171. The topological polar surface area (TPSA) is 100 Å². The maximum Gasteiger partial charge on any atom is 0.336 e. The van der Waals surface area contributed by atoms with Crippen LogP contribution in [0.5, 0.6) is 6.01 Å². The Balaban J connectivity index is 1.93. The molecule has 1 atom stereocenters. The molecular weight excluding hydrogens is 250 g/mol. The molecule has 19 heavy (non-hydrogen) atoms. The number of carbonyl (C=O) groups excluding carboxylic acids is 2. The first-order valence-corrected chi connectivity index (χ1v) is 6.13. The van der Waals surface area contributed by atoms with Gasteiger partial charge in [-0.1, -0.05) is 0 Å². The van der Waals surface area contributed by atoms with E-state index in [1.807, 2.05) is 0 Å². The van der Waals surface area contributed by atoms with Crippen molar-refractivity contribution in [2.45, 2.75) is 19.8 Å². The number of likely N-dealkylation sites (tertiary alicyclic amines) is 1. The Labute approximate surface area is 110 Å². The quantitative estimate of drug-likeness (QED) is 0.803. The Morgan fingerprint density at radius 1 is 1.53 bits per heavy atom. The van der Waals surface area contributed by atoms with Crippen LogP contribution in [-0.2, 0) is 9.59 Å². The van der Waals surface area contributed by atoms with Crippen LogP contribution in [0.15, 0.2) is 0 Å². The molecule has 8 heteroatoms. The average molecular weight is 267 g/mol. The third kappa shape index (κ3) is 3.21. The van der Waals surface area contributed by atoms with Crippen molar-refractivity contribution < 1.29 is 14.3 Å². The lowest BCUT2D eigenvalue weighted by Gasteiger charge is -2.30. The smallest absolute Gasteiger partial charge is 0.336 e. The van der Waals surface area contributed by atoms with Crippen LogP contribution >= 0.6 is 0 Å². The minimum absolute atomic E-state index is 0.00108. The molecule has 1 aliphatic rings. The second-order valence-corrected chi connectivity index (χ2v) is 4.46. The number of aromatic nitrogens is 3. The Morgan fingerprint density at radius 2 is 2.32 bits per heavy atom. The van der Waals surface area contributed by atoms with Crippen molar-refractivity contribution in [1.29, 1.82) is 0 Å². The number of carbonyl (C=O) groups is 2. The molecule has 2 N–H and O–H groups in total. The minimum Gasteiger partial charge on any atom is -0.466 e. The standard InChI is InChI=1S/C11H17N5O3/c1-7(17)16-5-3-4-8(6-16)9(18)12-10-13-11(19-2)15-14-10/h8H,3-6H2,1-2H3,(H2,12,13,14,15,18). The molecule has 104 valence electrons. The van der Waals surface area contributed by atoms with E-state index in [0.717, 1.165) is 19.4 Å². The summed E-state index contributed by atoms with van der Waals surface area (Å²) in [4.78, 5) is 29.0. The summed E-state index contributed by atoms with van der Waals surface area (Å²) in [7, 11) is 1.45. The maximum atomic E-state index is 12.1. The summed E-state index contributed by atoms with van der Waals surface area (Å²) in [6.07, 6.45) is 1.60. The molecule has 0 aromatic carbocycles. The number of anilines is 1. The van der Waals surface area contributed by atoms with E-state index in [2.05, 4.69) is 20.5 Å². The predicted octanol–water partition coefficient (Wildman–Crippen LogP) is 0.0103. The van der Waals surface area contributed by atoms with Crippen LogP contribution in [0.1, 0.15) is 19.8 Å². The van der Waals surface area contributed by atoms with E-state index < -0.39 is 0 Å². The summed E-state index contributed by atoms with van der Waals surface area (Å²) < 4.78 is 4.81. The van der Waals surface area contributed by atoms with Crippen LogP contribution in [0.4, 0.5) is 5.95 Å². The zero-order valence-corrected chi connectivity index (χ0v) is 11.0. The monoisotopic (exact) mass is 267 g/mol. The lowest BCUT2D eigenvalue weighted by Crippen LogP contribution is -2.42. The van der Waals surface area contributed by atoms with E-state index in [9.17, 15) is 9.59 Å². The molecule has 1 aromatic rings. The van der Waals surface area contributed by atoms with Crippen LogP contribution in [0.2, 0.25) is 0 Å². The number of nitrogens with zero attached hydrogens (tertiary/aromatic N) is 3. The van der Waals surface area contributed by atoms with Gasteiger partial charge in [-0.15, -0.1) is 5.10 Å². The molecule has 1 unspecified atom stereocenters. The van der Waals surface area contributed by atoms with Crippen molar-refractivity contribution in [3.63, 3.8) is 0 Å². The molecule has 1 aromatic heterocycles. The van der Waals surface area contributed by atoms with Gasteiger partial charge in [-0.25, -0.2) is 5.10 Å². The van der Waals surface area contributed by atoms with Gasteiger partial charge in [0.05, 0.1) is 13.0 Å². The van der Waals surface area contributed by atoms with Gasteiger partial charge < -0.3 is 9.64 Å². The zero-order chi connectivity index (χ0) is 13.8. The zero-order valence-electron chi connectivity index (χ0n) is 11.0. The van der Waals surface area contributed by atoms with Gasteiger partial charge in [-0.05, 0) is 12.8 Å². The van der Waals surface area contributed by atoms with Gasteiger partial charge >= 0.3 is 6.01 Å². The number of rotatable bonds is 3. The number of hydrogen-bond acceptors (Lipinski definition) is 5. The fourth-order valence-corrected chi connectivity index (χ4v) is 2.09. The molecule has 0 aliphatic carbocycles. The van der Waals surface area contributed by atoms with Crippen LogP contribution in [0, 0.1) is 5.92 Å². The number of aromatic amines is 1. The average Bonchev–Trinajstić information content (AvgIpc) is 2.86. The first-order valence-electron chi connectivity index (χ1n) is 6.13. The highest BCUT2D eigenvalue weighted by atomic mass is 16.5. The van der Waals surface area contributed by atoms with Gasteiger partial charge in [-0.2, -0.15) is 4.98 Å². The molecule has 0 bridgehead atoms. The van der Waals surface area contributed by atoms with Crippen molar-refractivity contribution in [1.82, 2.24) is 20.1 Å². The first kappa shape index (κ1) is 13.3. The number of ether oxygens (including phenoxy) is 1. The third-order valence-corrected chi connectivity index (χ3v) is 3.13. The summed E-state index contributed by atoms with van der Waals surface area (Å²) in [5.41, 5.74) is 0. The Kier molecular flexibility index (Phi) is 3.98.